The molecule has 0 saturated carbocycles. The summed E-state index contributed by atoms with van der Waals surface area (Å²) in [5, 5.41) is 3.31. The molecule has 0 atom stereocenters. The summed E-state index contributed by atoms with van der Waals surface area (Å²) in [5.41, 5.74) is 10.8. The van der Waals surface area contributed by atoms with E-state index in [0.29, 0.717) is 12.5 Å². The molecule has 0 amide bonds. The van der Waals surface area contributed by atoms with E-state index in [1.165, 1.54) is 11.1 Å². The number of para-hydroxylation sites is 1. The summed E-state index contributed by atoms with van der Waals surface area (Å²) in [6.45, 7) is 9.03. The van der Waals surface area contributed by atoms with Gasteiger partial charge in [0.15, 0.2) is 5.96 Å². The van der Waals surface area contributed by atoms with Crippen LogP contribution < -0.4 is 16.0 Å². The molecule has 0 bridgehead atoms. The Morgan fingerprint density at radius 2 is 1.72 bits per heavy atom. The first-order valence-corrected chi connectivity index (χ1v) is 10.2. The van der Waals surface area contributed by atoms with Gasteiger partial charge >= 0.3 is 0 Å². The molecule has 29 heavy (non-hydrogen) atoms. The van der Waals surface area contributed by atoms with Crippen molar-refractivity contribution in [2.45, 2.75) is 33.2 Å². The lowest BCUT2D eigenvalue weighted by Crippen LogP contribution is -2.44. The number of likely N-dealkylation sites (N-methyl/N-ethyl adjacent to an activating group) is 1. The van der Waals surface area contributed by atoms with Crippen molar-refractivity contribution in [2.24, 2.45) is 10.7 Å². The number of guanidine groups is 1. The minimum atomic E-state index is 0. The van der Waals surface area contributed by atoms with Crippen LogP contribution in [0.5, 0.6) is 0 Å². The van der Waals surface area contributed by atoms with E-state index in [1.54, 1.807) is 0 Å². The van der Waals surface area contributed by atoms with Crippen LogP contribution in [-0.2, 0) is 19.4 Å². The number of halogens is 1. The van der Waals surface area contributed by atoms with Crippen molar-refractivity contribution in [3.8, 4) is 0 Å². The lowest BCUT2D eigenvalue weighted by Gasteiger charge is -2.33. The predicted octanol–water partition coefficient (Wildman–Crippen LogP) is 3.50. The van der Waals surface area contributed by atoms with Crippen molar-refractivity contribution in [3.63, 3.8) is 0 Å². The Bertz CT molecular complexity index is 775. The van der Waals surface area contributed by atoms with Gasteiger partial charge < -0.3 is 20.9 Å². The van der Waals surface area contributed by atoms with Crippen molar-refractivity contribution in [2.75, 3.05) is 43.4 Å². The van der Waals surface area contributed by atoms with Crippen molar-refractivity contribution < 1.29 is 0 Å². The Labute approximate surface area is 191 Å². The maximum Gasteiger partial charge on any atom is 0.193 e. The smallest absolute Gasteiger partial charge is 0.193 e. The lowest BCUT2D eigenvalue weighted by molar-refractivity contribution is 0.312. The molecule has 1 aromatic carbocycles. The Hall–Kier alpha value is -1.87. The molecule has 2 heterocycles. The third-order valence-electron chi connectivity index (χ3n) is 5.32. The van der Waals surface area contributed by atoms with Crippen molar-refractivity contribution >= 4 is 41.4 Å². The molecular formula is C22H33IN6. The number of rotatable bonds is 6. The van der Waals surface area contributed by atoms with E-state index in [4.69, 9.17) is 5.73 Å². The fourth-order valence-electron chi connectivity index (χ4n) is 3.48. The van der Waals surface area contributed by atoms with E-state index >= 15 is 0 Å². The van der Waals surface area contributed by atoms with Gasteiger partial charge in [-0.15, -0.1) is 24.0 Å². The molecule has 0 unspecified atom stereocenters. The first kappa shape index (κ1) is 23.4. The number of nitrogens with two attached hydrogens (primary N) is 1. The number of anilines is 2. The molecule has 3 rings (SSSR count). The van der Waals surface area contributed by atoms with Crippen LogP contribution in [0.1, 0.15) is 30.5 Å². The molecule has 7 heteroatoms. The molecule has 6 nitrogen and oxygen atoms in total. The summed E-state index contributed by atoms with van der Waals surface area (Å²) >= 11 is 0. The van der Waals surface area contributed by atoms with E-state index in [0.717, 1.165) is 56.1 Å². The predicted molar refractivity (Wildman–Crippen MR) is 134 cm³/mol. The maximum atomic E-state index is 6.17. The first-order valence-electron chi connectivity index (χ1n) is 10.2. The zero-order valence-corrected chi connectivity index (χ0v) is 20.0. The Morgan fingerprint density at radius 3 is 2.28 bits per heavy atom. The minimum absolute atomic E-state index is 0. The first-order chi connectivity index (χ1) is 13.6. The van der Waals surface area contributed by atoms with E-state index in [-0.39, 0.29) is 24.0 Å². The second-order valence-corrected chi connectivity index (χ2v) is 7.30. The Kier molecular flexibility index (Phi) is 9.16. The number of pyridine rings is 1. The number of hydrogen-bond donors (Lipinski definition) is 2. The van der Waals surface area contributed by atoms with Gasteiger partial charge in [-0.2, -0.15) is 0 Å². The van der Waals surface area contributed by atoms with Crippen molar-refractivity contribution in [1.29, 1.82) is 0 Å². The number of aromatic nitrogens is 1. The van der Waals surface area contributed by atoms with E-state index in [1.807, 2.05) is 6.20 Å². The zero-order valence-electron chi connectivity index (χ0n) is 17.7. The minimum Gasteiger partial charge on any atom is -0.370 e. The number of piperazine rings is 1. The lowest BCUT2D eigenvalue weighted by atomic mass is 10.0. The average Bonchev–Trinajstić information content (AvgIpc) is 2.73. The number of aliphatic imine (C=N–C) groups is 1. The fourth-order valence-corrected chi connectivity index (χ4v) is 3.48. The van der Waals surface area contributed by atoms with Crippen molar-refractivity contribution in [1.82, 2.24) is 9.88 Å². The highest BCUT2D eigenvalue weighted by molar-refractivity contribution is 14.0. The van der Waals surface area contributed by atoms with E-state index in [9.17, 15) is 0 Å². The van der Waals surface area contributed by atoms with Crippen molar-refractivity contribution in [3.05, 3.63) is 53.2 Å². The van der Waals surface area contributed by atoms with Gasteiger partial charge in [0.1, 0.15) is 5.82 Å². The molecule has 2 aromatic rings. The van der Waals surface area contributed by atoms with Gasteiger partial charge in [-0.3, -0.25) is 0 Å². The zero-order chi connectivity index (χ0) is 19.9. The second kappa shape index (κ2) is 11.3. The number of aryl methyl sites for hydroxylation is 2. The summed E-state index contributed by atoms with van der Waals surface area (Å²) < 4.78 is 0. The number of nitrogens with zero attached hydrogens (tertiary/aromatic N) is 4. The average molecular weight is 508 g/mol. The monoisotopic (exact) mass is 508 g/mol. The normalized spacial score (nSPS) is 15.1. The molecule has 0 radical (unpaired) electrons. The fraction of sp³-hybridized carbons (Fsp3) is 0.455. The van der Waals surface area contributed by atoms with Crippen LogP contribution in [-0.4, -0.2) is 49.1 Å². The van der Waals surface area contributed by atoms with Crippen LogP contribution in [0.25, 0.3) is 0 Å². The molecule has 1 aromatic heterocycles. The quantitative estimate of drug-likeness (QED) is 0.355. The molecule has 0 spiro atoms. The number of nitrogens with one attached hydrogen (secondary N) is 1. The molecule has 0 aliphatic carbocycles. The van der Waals surface area contributed by atoms with Crippen LogP contribution in [0.15, 0.2) is 41.5 Å². The molecular weight excluding hydrogens is 475 g/mol. The van der Waals surface area contributed by atoms with Gasteiger partial charge in [0.2, 0.25) is 0 Å². The number of benzene rings is 1. The topological polar surface area (TPSA) is 69.8 Å². The van der Waals surface area contributed by atoms with E-state index in [2.05, 4.69) is 76.3 Å². The second-order valence-electron chi connectivity index (χ2n) is 7.30. The molecule has 1 aliphatic heterocycles. The molecule has 3 N–H and O–H groups in total. The molecule has 158 valence electrons. The van der Waals surface area contributed by atoms with Gasteiger partial charge in [0.25, 0.3) is 0 Å². The van der Waals surface area contributed by atoms with Gasteiger partial charge in [-0.25, -0.2) is 9.98 Å². The highest BCUT2D eigenvalue weighted by Crippen LogP contribution is 2.22. The molecule has 1 fully saturated rings. The third-order valence-corrected chi connectivity index (χ3v) is 5.32. The van der Waals surface area contributed by atoms with E-state index < -0.39 is 0 Å². The summed E-state index contributed by atoms with van der Waals surface area (Å²) in [6, 6.07) is 10.5. The van der Waals surface area contributed by atoms with Crippen LogP contribution >= 0.6 is 24.0 Å². The van der Waals surface area contributed by atoms with Gasteiger partial charge in [0.05, 0.1) is 6.54 Å². The summed E-state index contributed by atoms with van der Waals surface area (Å²) in [7, 11) is 2.16. The Morgan fingerprint density at radius 1 is 1.07 bits per heavy atom. The van der Waals surface area contributed by atoms with Gasteiger partial charge in [-0.05, 0) is 42.6 Å². The molecule has 1 saturated heterocycles. The summed E-state index contributed by atoms with van der Waals surface area (Å²) in [6.07, 6.45) is 3.82. The summed E-state index contributed by atoms with van der Waals surface area (Å²) in [5.74, 6) is 1.48. The van der Waals surface area contributed by atoms with Crippen LogP contribution in [0, 0.1) is 0 Å². The maximum absolute atomic E-state index is 6.17. The van der Waals surface area contributed by atoms with Crippen LogP contribution in [0.3, 0.4) is 0 Å². The van der Waals surface area contributed by atoms with Crippen LogP contribution in [0.2, 0.25) is 0 Å². The highest BCUT2D eigenvalue weighted by Gasteiger charge is 2.15. The highest BCUT2D eigenvalue weighted by atomic mass is 127. The number of hydrogen-bond acceptors (Lipinski definition) is 4. The van der Waals surface area contributed by atoms with Gasteiger partial charge in [-0.1, -0.05) is 38.1 Å². The molecule has 1 aliphatic rings. The third kappa shape index (κ3) is 6.30. The van der Waals surface area contributed by atoms with Crippen LogP contribution in [0.4, 0.5) is 11.5 Å². The summed E-state index contributed by atoms with van der Waals surface area (Å²) in [4.78, 5) is 13.8. The SMILES string of the molecule is CCc1cccc(CC)c1NC(N)=NCc1ccc(N2CCN(C)CC2)nc1.I. The largest absolute Gasteiger partial charge is 0.370 e. The van der Waals surface area contributed by atoms with Gasteiger partial charge in [0, 0.05) is 38.1 Å². The standard InChI is InChI=1S/C22H32N6.HI/c1-4-18-7-6-8-19(5-2)21(18)26-22(23)25-16-17-9-10-20(24-15-17)28-13-11-27(3)12-14-28;/h6-10,15H,4-5,11-14,16H2,1-3H3,(H3,23,25,26);1H. The Balaban J connectivity index is 0.00000300.